The largest absolute Gasteiger partial charge is 0.496 e. The molecule has 1 fully saturated rings. The van der Waals surface area contributed by atoms with Gasteiger partial charge in [0.05, 0.1) is 20.5 Å². The standard InChI is InChI=1S/C21H25N3O6S/c1-29-17-5-4-6-18(30-2)19(17)21(26)24-13-11-23(12-14-24)20(25)15-7-9-16(10-8-15)22-31(3,27)28/h4-10,22H,11-14H2,1-3H3. The molecule has 0 atom stereocenters. The van der Waals surface area contributed by atoms with Crippen molar-refractivity contribution in [2.75, 3.05) is 51.4 Å². The van der Waals surface area contributed by atoms with Gasteiger partial charge in [-0.25, -0.2) is 8.42 Å². The molecule has 9 nitrogen and oxygen atoms in total. The zero-order valence-corrected chi connectivity index (χ0v) is 18.4. The summed E-state index contributed by atoms with van der Waals surface area (Å²) in [5.41, 5.74) is 1.20. The Morgan fingerprint density at radius 3 is 1.77 bits per heavy atom. The smallest absolute Gasteiger partial charge is 0.261 e. The lowest BCUT2D eigenvalue weighted by Crippen LogP contribution is -2.50. The van der Waals surface area contributed by atoms with Crippen molar-refractivity contribution in [2.24, 2.45) is 0 Å². The molecule has 10 heteroatoms. The molecule has 1 heterocycles. The number of methoxy groups -OCH3 is 2. The Bertz CT molecular complexity index is 1040. The number of sulfonamides is 1. The molecule has 0 saturated carbocycles. The van der Waals surface area contributed by atoms with Gasteiger partial charge < -0.3 is 19.3 Å². The van der Waals surface area contributed by atoms with Gasteiger partial charge in [-0.2, -0.15) is 0 Å². The average Bonchev–Trinajstić information content (AvgIpc) is 2.77. The minimum Gasteiger partial charge on any atom is -0.496 e. The third kappa shape index (κ3) is 5.26. The molecule has 0 aliphatic carbocycles. The van der Waals surface area contributed by atoms with Crippen LogP contribution in [0.3, 0.4) is 0 Å². The van der Waals surface area contributed by atoms with Gasteiger partial charge in [-0.1, -0.05) is 6.07 Å². The Kier molecular flexibility index (Phi) is 6.69. The van der Waals surface area contributed by atoms with Crippen LogP contribution in [0.15, 0.2) is 42.5 Å². The van der Waals surface area contributed by atoms with Crippen molar-refractivity contribution in [2.45, 2.75) is 0 Å². The van der Waals surface area contributed by atoms with Gasteiger partial charge in [0.15, 0.2) is 0 Å². The minimum absolute atomic E-state index is 0.173. The Labute approximate surface area is 181 Å². The molecular weight excluding hydrogens is 422 g/mol. The highest BCUT2D eigenvalue weighted by Crippen LogP contribution is 2.30. The van der Waals surface area contributed by atoms with Crippen LogP contribution >= 0.6 is 0 Å². The number of hydrogen-bond donors (Lipinski definition) is 1. The molecule has 1 aliphatic heterocycles. The second kappa shape index (κ2) is 9.25. The maximum Gasteiger partial charge on any atom is 0.261 e. The Hall–Kier alpha value is -3.27. The number of ether oxygens (including phenoxy) is 2. The van der Waals surface area contributed by atoms with Gasteiger partial charge in [-0.3, -0.25) is 14.3 Å². The van der Waals surface area contributed by atoms with Crippen LogP contribution in [0.2, 0.25) is 0 Å². The summed E-state index contributed by atoms with van der Waals surface area (Å²) in [5.74, 6) is 0.488. The number of hydrogen-bond acceptors (Lipinski definition) is 6. The molecule has 2 aromatic rings. The van der Waals surface area contributed by atoms with E-state index in [4.69, 9.17) is 9.47 Å². The number of anilines is 1. The van der Waals surface area contributed by atoms with E-state index in [0.717, 1.165) is 6.26 Å². The summed E-state index contributed by atoms with van der Waals surface area (Å²) in [4.78, 5) is 29.2. The summed E-state index contributed by atoms with van der Waals surface area (Å²) in [5, 5.41) is 0. The van der Waals surface area contributed by atoms with Crippen LogP contribution in [-0.4, -0.2) is 76.7 Å². The maximum absolute atomic E-state index is 13.1. The lowest BCUT2D eigenvalue weighted by atomic mass is 10.1. The second-order valence-corrected chi connectivity index (χ2v) is 8.82. The van der Waals surface area contributed by atoms with Crippen molar-refractivity contribution in [3.8, 4) is 11.5 Å². The predicted octanol–water partition coefficient (Wildman–Crippen LogP) is 1.67. The molecule has 0 radical (unpaired) electrons. The van der Waals surface area contributed by atoms with E-state index in [-0.39, 0.29) is 11.8 Å². The molecule has 0 aromatic heterocycles. The van der Waals surface area contributed by atoms with E-state index in [1.54, 1.807) is 52.3 Å². The maximum atomic E-state index is 13.1. The molecule has 1 N–H and O–H groups in total. The fourth-order valence-corrected chi connectivity index (χ4v) is 3.97. The number of nitrogens with one attached hydrogen (secondary N) is 1. The molecule has 166 valence electrons. The van der Waals surface area contributed by atoms with Crippen LogP contribution in [0.1, 0.15) is 20.7 Å². The predicted molar refractivity (Wildman–Crippen MR) is 116 cm³/mol. The molecule has 0 bridgehead atoms. The van der Waals surface area contributed by atoms with Crippen molar-refractivity contribution < 1.29 is 27.5 Å². The van der Waals surface area contributed by atoms with E-state index in [9.17, 15) is 18.0 Å². The van der Waals surface area contributed by atoms with Crippen LogP contribution < -0.4 is 14.2 Å². The first-order valence-electron chi connectivity index (χ1n) is 9.61. The number of rotatable bonds is 6. The lowest BCUT2D eigenvalue weighted by Gasteiger charge is -2.35. The zero-order chi connectivity index (χ0) is 22.6. The Morgan fingerprint density at radius 2 is 1.32 bits per heavy atom. The monoisotopic (exact) mass is 447 g/mol. The number of carbonyl (C=O) groups is 2. The van der Waals surface area contributed by atoms with E-state index >= 15 is 0 Å². The zero-order valence-electron chi connectivity index (χ0n) is 17.6. The number of piperazine rings is 1. The number of amides is 2. The summed E-state index contributed by atoms with van der Waals surface area (Å²) < 4.78 is 35.6. The van der Waals surface area contributed by atoms with Crippen molar-refractivity contribution in [3.63, 3.8) is 0 Å². The lowest BCUT2D eigenvalue weighted by molar-refractivity contribution is 0.0531. The highest BCUT2D eigenvalue weighted by atomic mass is 32.2. The van der Waals surface area contributed by atoms with Crippen molar-refractivity contribution in [1.29, 1.82) is 0 Å². The van der Waals surface area contributed by atoms with Gasteiger partial charge in [0.1, 0.15) is 17.1 Å². The van der Waals surface area contributed by atoms with Crippen molar-refractivity contribution in [3.05, 3.63) is 53.6 Å². The average molecular weight is 448 g/mol. The number of benzene rings is 2. The molecule has 1 aliphatic rings. The summed E-state index contributed by atoms with van der Waals surface area (Å²) in [7, 11) is -0.381. The molecule has 31 heavy (non-hydrogen) atoms. The van der Waals surface area contributed by atoms with Gasteiger partial charge in [-0.15, -0.1) is 0 Å². The van der Waals surface area contributed by atoms with Crippen molar-refractivity contribution >= 4 is 27.5 Å². The van der Waals surface area contributed by atoms with Gasteiger partial charge >= 0.3 is 0 Å². The summed E-state index contributed by atoms with van der Waals surface area (Å²) in [6.07, 6.45) is 1.06. The molecule has 0 spiro atoms. The SMILES string of the molecule is COc1cccc(OC)c1C(=O)N1CCN(C(=O)c2ccc(NS(C)(=O)=O)cc2)CC1. The fraction of sp³-hybridized carbons (Fsp3) is 0.333. The van der Waals surface area contributed by atoms with Gasteiger partial charge in [0.25, 0.3) is 11.8 Å². The molecule has 2 amide bonds. The van der Waals surface area contributed by atoms with Gasteiger partial charge in [-0.05, 0) is 36.4 Å². The van der Waals surface area contributed by atoms with E-state index < -0.39 is 10.0 Å². The summed E-state index contributed by atoms with van der Waals surface area (Å²) >= 11 is 0. The normalized spacial score (nSPS) is 14.2. The van der Waals surface area contributed by atoms with E-state index in [1.165, 1.54) is 14.2 Å². The first-order valence-corrected chi connectivity index (χ1v) is 11.5. The van der Waals surface area contributed by atoms with Crippen LogP contribution in [0.5, 0.6) is 11.5 Å². The summed E-state index contributed by atoms with van der Waals surface area (Å²) in [6.45, 7) is 1.51. The quantitative estimate of drug-likeness (QED) is 0.722. The topological polar surface area (TPSA) is 105 Å². The molecular formula is C21H25N3O6S. The van der Waals surface area contributed by atoms with E-state index in [2.05, 4.69) is 4.72 Å². The van der Waals surface area contributed by atoms with Gasteiger partial charge in [0, 0.05) is 37.4 Å². The number of nitrogens with zero attached hydrogens (tertiary/aromatic N) is 2. The molecule has 2 aromatic carbocycles. The fourth-order valence-electron chi connectivity index (χ4n) is 3.41. The molecule has 3 rings (SSSR count). The molecule has 0 unspecified atom stereocenters. The van der Waals surface area contributed by atoms with Crippen LogP contribution in [-0.2, 0) is 10.0 Å². The van der Waals surface area contributed by atoms with Crippen molar-refractivity contribution in [1.82, 2.24) is 9.80 Å². The third-order valence-corrected chi connectivity index (χ3v) is 5.54. The Morgan fingerprint density at radius 1 is 0.839 bits per heavy atom. The first kappa shape index (κ1) is 22.4. The van der Waals surface area contributed by atoms with E-state index in [1.807, 2.05) is 0 Å². The first-order chi connectivity index (χ1) is 14.7. The second-order valence-electron chi connectivity index (χ2n) is 7.07. The van der Waals surface area contributed by atoms with Crippen LogP contribution in [0.25, 0.3) is 0 Å². The third-order valence-electron chi connectivity index (χ3n) is 4.93. The minimum atomic E-state index is -3.38. The molecule has 1 saturated heterocycles. The van der Waals surface area contributed by atoms with E-state index in [0.29, 0.717) is 54.5 Å². The van der Waals surface area contributed by atoms with Crippen LogP contribution in [0.4, 0.5) is 5.69 Å². The summed E-state index contributed by atoms with van der Waals surface area (Å²) in [6, 6.07) is 11.4. The number of carbonyl (C=O) groups excluding carboxylic acids is 2. The highest BCUT2D eigenvalue weighted by Gasteiger charge is 2.29. The van der Waals surface area contributed by atoms with Gasteiger partial charge in [0.2, 0.25) is 10.0 Å². The Balaban J connectivity index is 1.66. The highest BCUT2D eigenvalue weighted by molar-refractivity contribution is 7.92. The van der Waals surface area contributed by atoms with Crippen LogP contribution in [0, 0.1) is 0 Å².